The van der Waals surface area contributed by atoms with E-state index in [0.717, 1.165) is 17.1 Å². The summed E-state index contributed by atoms with van der Waals surface area (Å²) in [5.41, 5.74) is 1.83. The SMILES string of the molecule is CNc1cc(C)nc(Cn2nnc(-c3ccccc3)n2)n1. The van der Waals surface area contributed by atoms with Gasteiger partial charge in [-0.2, -0.15) is 4.80 Å². The predicted octanol–water partition coefficient (Wildman–Crippen LogP) is 1.53. The van der Waals surface area contributed by atoms with Gasteiger partial charge in [0.2, 0.25) is 5.82 Å². The average molecular weight is 281 g/mol. The first-order chi connectivity index (χ1) is 10.2. The van der Waals surface area contributed by atoms with Gasteiger partial charge in [-0.05, 0) is 12.1 Å². The molecule has 1 aromatic carbocycles. The zero-order valence-corrected chi connectivity index (χ0v) is 11.9. The van der Waals surface area contributed by atoms with Crippen LogP contribution in [0.2, 0.25) is 0 Å². The molecular formula is C14H15N7. The molecule has 21 heavy (non-hydrogen) atoms. The van der Waals surface area contributed by atoms with Crippen molar-refractivity contribution in [2.75, 3.05) is 12.4 Å². The number of tetrazole rings is 1. The minimum Gasteiger partial charge on any atom is -0.373 e. The first-order valence-corrected chi connectivity index (χ1v) is 6.60. The Morgan fingerprint density at radius 3 is 2.71 bits per heavy atom. The number of anilines is 1. The summed E-state index contributed by atoms with van der Waals surface area (Å²) in [5, 5.41) is 15.5. The van der Waals surface area contributed by atoms with Gasteiger partial charge in [0.05, 0.1) is 0 Å². The van der Waals surface area contributed by atoms with Gasteiger partial charge in [0.25, 0.3) is 0 Å². The minimum absolute atomic E-state index is 0.385. The van der Waals surface area contributed by atoms with Crippen LogP contribution in [0.25, 0.3) is 11.4 Å². The number of aryl methyl sites for hydroxylation is 1. The molecule has 0 radical (unpaired) electrons. The lowest BCUT2D eigenvalue weighted by Crippen LogP contribution is -2.09. The van der Waals surface area contributed by atoms with E-state index in [9.17, 15) is 0 Å². The second kappa shape index (κ2) is 5.66. The molecule has 0 atom stereocenters. The van der Waals surface area contributed by atoms with Crippen LogP contribution in [0.4, 0.5) is 5.82 Å². The number of nitrogens with zero attached hydrogens (tertiary/aromatic N) is 6. The van der Waals surface area contributed by atoms with Gasteiger partial charge >= 0.3 is 0 Å². The fraction of sp³-hybridized carbons (Fsp3) is 0.214. The highest BCUT2D eigenvalue weighted by Gasteiger charge is 2.08. The molecular weight excluding hydrogens is 266 g/mol. The van der Waals surface area contributed by atoms with Gasteiger partial charge in [-0.1, -0.05) is 30.3 Å². The van der Waals surface area contributed by atoms with E-state index in [-0.39, 0.29) is 0 Å². The van der Waals surface area contributed by atoms with Crippen LogP contribution in [-0.2, 0) is 6.54 Å². The number of hydrogen-bond acceptors (Lipinski definition) is 6. The monoisotopic (exact) mass is 281 g/mol. The van der Waals surface area contributed by atoms with Crippen LogP contribution >= 0.6 is 0 Å². The van der Waals surface area contributed by atoms with Crippen LogP contribution in [0.5, 0.6) is 0 Å². The minimum atomic E-state index is 0.385. The van der Waals surface area contributed by atoms with Crippen molar-refractivity contribution in [3.63, 3.8) is 0 Å². The van der Waals surface area contributed by atoms with Crippen LogP contribution in [-0.4, -0.2) is 37.2 Å². The van der Waals surface area contributed by atoms with E-state index in [0.29, 0.717) is 18.2 Å². The molecule has 7 heteroatoms. The maximum absolute atomic E-state index is 4.38. The topological polar surface area (TPSA) is 81.4 Å². The van der Waals surface area contributed by atoms with Gasteiger partial charge in [0.15, 0.2) is 5.82 Å². The largest absolute Gasteiger partial charge is 0.373 e. The molecule has 0 unspecified atom stereocenters. The third-order valence-corrected chi connectivity index (χ3v) is 2.92. The molecule has 0 saturated heterocycles. The molecule has 0 amide bonds. The highest BCUT2D eigenvalue weighted by atomic mass is 15.6. The zero-order chi connectivity index (χ0) is 14.7. The quantitative estimate of drug-likeness (QED) is 0.781. The molecule has 0 aliphatic carbocycles. The number of nitrogens with one attached hydrogen (secondary N) is 1. The average Bonchev–Trinajstić information content (AvgIpc) is 2.96. The molecule has 0 aliphatic heterocycles. The molecule has 1 N–H and O–H groups in total. The number of benzene rings is 1. The molecule has 2 aromatic heterocycles. The molecule has 3 aromatic rings. The maximum atomic E-state index is 4.38. The lowest BCUT2D eigenvalue weighted by molar-refractivity contribution is 0.554. The van der Waals surface area contributed by atoms with Crippen LogP contribution in [0, 0.1) is 6.92 Å². The molecule has 0 spiro atoms. The Balaban J connectivity index is 1.83. The van der Waals surface area contributed by atoms with E-state index in [4.69, 9.17) is 0 Å². The van der Waals surface area contributed by atoms with Gasteiger partial charge in [0, 0.05) is 24.4 Å². The number of hydrogen-bond donors (Lipinski definition) is 1. The Kier molecular flexibility index (Phi) is 3.55. The van der Waals surface area contributed by atoms with Crippen molar-refractivity contribution in [1.29, 1.82) is 0 Å². The normalized spacial score (nSPS) is 10.6. The van der Waals surface area contributed by atoms with Gasteiger partial charge in [-0.3, -0.25) is 0 Å². The van der Waals surface area contributed by atoms with Crippen molar-refractivity contribution >= 4 is 5.82 Å². The summed E-state index contributed by atoms with van der Waals surface area (Å²) in [6, 6.07) is 11.6. The lowest BCUT2D eigenvalue weighted by Gasteiger charge is -2.04. The zero-order valence-electron chi connectivity index (χ0n) is 11.9. The van der Waals surface area contributed by atoms with E-state index in [1.54, 1.807) is 0 Å². The van der Waals surface area contributed by atoms with Crippen LogP contribution < -0.4 is 5.32 Å². The highest BCUT2D eigenvalue weighted by molar-refractivity contribution is 5.52. The van der Waals surface area contributed by atoms with E-state index < -0.39 is 0 Å². The Morgan fingerprint density at radius 1 is 1.14 bits per heavy atom. The molecule has 2 heterocycles. The summed E-state index contributed by atoms with van der Waals surface area (Å²) >= 11 is 0. The summed E-state index contributed by atoms with van der Waals surface area (Å²) in [5.74, 6) is 2.02. The lowest BCUT2D eigenvalue weighted by atomic mass is 10.2. The van der Waals surface area contributed by atoms with Crippen LogP contribution in [0.3, 0.4) is 0 Å². The third kappa shape index (κ3) is 3.02. The molecule has 0 fully saturated rings. The summed E-state index contributed by atoms with van der Waals surface area (Å²) in [6.07, 6.45) is 0. The summed E-state index contributed by atoms with van der Waals surface area (Å²) in [4.78, 5) is 10.3. The summed E-state index contributed by atoms with van der Waals surface area (Å²) in [7, 11) is 1.83. The second-order valence-electron chi connectivity index (χ2n) is 4.57. The fourth-order valence-electron chi connectivity index (χ4n) is 1.97. The molecule has 106 valence electrons. The maximum Gasteiger partial charge on any atom is 0.204 e. The fourth-order valence-corrected chi connectivity index (χ4v) is 1.97. The van der Waals surface area contributed by atoms with Crippen LogP contribution in [0.1, 0.15) is 11.5 Å². The summed E-state index contributed by atoms with van der Waals surface area (Å²) < 4.78 is 0. The third-order valence-electron chi connectivity index (χ3n) is 2.92. The highest BCUT2D eigenvalue weighted by Crippen LogP contribution is 2.12. The van der Waals surface area contributed by atoms with E-state index >= 15 is 0 Å². The molecule has 0 aliphatic rings. The van der Waals surface area contributed by atoms with Crippen LogP contribution in [0.15, 0.2) is 36.4 Å². The molecule has 0 saturated carbocycles. The van der Waals surface area contributed by atoms with Crippen molar-refractivity contribution in [2.24, 2.45) is 0 Å². The van der Waals surface area contributed by atoms with Crippen molar-refractivity contribution in [2.45, 2.75) is 13.5 Å². The number of aromatic nitrogens is 6. The van der Waals surface area contributed by atoms with E-state index in [2.05, 4.69) is 30.7 Å². The van der Waals surface area contributed by atoms with Gasteiger partial charge in [0.1, 0.15) is 12.4 Å². The first-order valence-electron chi connectivity index (χ1n) is 6.60. The number of rotatable bonds is 4. The Labute approximate surface area is 122 Å². The Hall–Kier alpha value is -2.83. The second-order valence-corrected chi connectivity index (χ2v) is 4.57. The summed E-state index contributed by atoms with van der Waals surface area (Å²) in [6.45, 7) is 2.31. The predicted molar refractivity (Wildman–Crippen MR) is 78.7 cm³/mol. The molecule has 0 bridgehead atoms. The first kappa shape index (κ1) is 13.2. The van der Waals surface area contributed by atoms with Crippen molar-refractivity contribution in [3.8, 4) is 11.4 Å². The Morgan fingerprint density at radius 2 is 1.95 bits per heavy atom. The standard InChI is InChI=1S/C14H15N7/c1-10-8-12(15-2)17-13(16-10)9-21-19-14(18-20-21)11-6-4-3-5-7-11/h3-8H,9H2,1-2H3,(H,15,16,17). The van der Waals surface area contributed by atoms with E-state index in [1.165, 1.54) is 4.80 Å². The molecule has 7 nitrogen and oxygen atoms in total. The van der Waals surface area contributed by atoms with Crippen molar-refractivity contribution < 1.29 is 0 Å². The van der Waals surface area contributed by atoms with Gasteiger partial charge in [-0.15, -0.1) is 10.2 Å². The smallest absolute Gasteiger partial charge is 0.204 e. The van der Waals surface area contributed by atoms with E-state index in [1.807, 2.05) is 50.4 Å². The van der Waals surface area contributed by atoms with Crippen molar-refractivity contribution in [1.82, 2.24) is 30.2 Å². The molecule has 3 rings (SSSR count). The Bertz CT molecular complexity index is 736. The van der Waals surface area contributed by atoms with Gasteiger partial charge < -0.3 is 5.32 Å². The van der Waals surface area contributed by atoms with Gasteiger partial charge in [-0.25, -0.2) is 9.97 Å². The van der Waals surface area contributed by atoms with Crippen molar-refractivity contribution in [3.05, 3.63) is 47.9 Å².